The van der Waals surface area contributed by atoms with Crippen molar-refractivity contribution < 1.29 is 9.59 Å². The number of benzene rings is 2. The van der Waals surface area contributed by atoms with Crippen molar-refractivity contribution in [2.75, 3.05) is 18.1 Å². The number of aldehydes is 2. The maximum atomic E-state index is 10.3. The third kappa shape index (κ3) is 10.2. The summed E-state index contributed by atoms with van der Waals surface area (Å²) in [6.07, 6.45) is 14.4. The van der Waals surface area contributed by atoms with Crippen LogP contribution >= 0.6 is 0 Å². The lowest BCUT2D eigenvalue weighted by molar-refractivity contribution is -0.111. The molecule has 0 bridgehead atoms. The summed E-state index contributed by atoms with van der Waals surface area (Å²) in [5.41, 5.74) is 10.5. The van der Waals surface area contributed by atoms with Gasteiger partial charge in [-0.25, -0.2) is 4.98 Å². The molecule has 1 heterocycles. The number of nitrogens with one attached hydrogen (secondary N) is 2. The number of hydrogen-bond acceptors (Lipinski definition) is 5. The maximum Gasteiger partial charge on any atom is 0.138 e. The van der Waals surface area contributed by atoms with E-state index in [1.54, 1.807) is 0 Å². The molecule has 1 aromatic heterocycles. The van der Waals surface area contributed by atoms with Crippen LogP contribution in [0.3, 0.4) is 0 Å². The van der Waals surface area contributed by atoms with E-state index in [1.165, 1.54) is 44.9 Å². The largest absolute Gasteiger partial charge is 0.399 e. The van der Waals surface area contributed by atoms with Crippen LogP contribution in [0.4, 0.5) is 11.4 Å². The fourth-order valence-corrected chi connectivity index (χ4v) is 4.19. The summed E-state index contributed by atoms with van der Waals surface area (Å²) in [7, 11) is 1.90. The van der Waals surface area contributed by atoms with Crippen LogP contribution < -0.4 is 11.1 Å². The van der Waals surface area contributed by atoms with Crippen LogP contribution in [0.5, 0.6) is 0 Å². The molecule has 0 spiro atoms. The van der Waals surface area contributed by atoms with Crippen molar-refractivity contribution in [2.45, 2.75) is 78.1 Å². The first-order valence-corrected chi connectivity index (χ1v) is 13.4. The van der Waals surface area contributed by atoms with Gasteiger partial charge in [0.25, 0.3) is 0 Å². The first-order valence-electron chi connectivity index (χ1n) is 13.4. The van der Waals surface area contributed by atoms with E-state index in [1.807, 2.05) is 56.4 Å². The van der Waals surface area contributed by atoms with Crippen LogP contribution in [0, 0.1) is 11.8 Å². The molecule has 1 atom stereocenters. The van der Waals surface area contributed by atoms with Gasteiger partial charge in [0.1, 0.15) is 18.4 Å². The van der Waals surface area contributed by atoms with Gasteiger partial charge in [-0.1, -0.05) is 58.8 Å². The van der Waals surface area contributed by atoms with E-state index in [-0.39, 0.29) is 5.92 Å². The number of nitrogens with zero attached hydrogens (tertiary/aromatic N) is 1. The molecule has 1 fully saturated rings. The molecule has 6 nitrogen and oxygen atoms in total. The predicted octanol–water partition coefficient (Wildman–Crippen LogP) is 7.41. The van der Waals surface area contributed by atoms with E-state index in [2.05, 4.69) is 22.2 Å². The number of unbranched alkanes of at least 4 members (excludes halogenated alkanes) is 2. The zero-order valence-corrected chi connectivity index (χ0v) is 22.3. The maximum absolute atomic E-state index is 10.3. The number of aromatic nitrogens is 2. The first-order chi connectivity index (χ1) is 17.5. The van der Waals surface area contributed by atoms with E-state index >= 15 is 0 Å². The lowest BCUT2D eigenvalue weighted by Crippen LogP contribution is -1.98. The molecule has 0 amide bonds. The molecule has 3 aromatic rings. The van der Waals surface area contributed by atoms with Crippen molar-refractivity contribution in [3.8, 4) is 11.4 Å². The van der Waals surface area contributed by atoms with Crippen molar-refractivity contribution in [2.24, 2.45) is 11.8 Å². The highest BCUT2D eigenvalue weighted by molar-refractivity contribution is 5.82. The molecule has 0 saturated heterocycles. The third-order valence-corrected chi connectivity index (χ3v) is 6.54. The number of hydrogen-bond donors (Lipinski definition) is 3. The minimum atomic E-state index is 0.275. The second-order valence-corrected chi connectivity index (χ2v) is 9.69. The lowest BCUT2D eigenvalue weighted by atomic mass is 10.0. The number of nitrogen functional groups attached to an aromatic ring is 1. The first kappa shape index (κ1) is 29.1. The normalized spacial score (nSPS) is 14.4. The highest BCUT2D eigenvalue weighted by Crippen LogP contribution is 2.23. The lowest BCUT2D eigenvalue weighted by Gasteiger charge is -2.01. The van der Waals surface area contributed by atoms with Crippen LogP contribution in [-0.2, 0) is 9.59 Å². The van der Waals surface area contributed by atoms with Gasteiger partial charge in [-0.3, -0.25) is 0 Å². The van der Waals surface area contributed by atoms with Crippen LogP contribution in [0.1, 0.15) is 78.1 Å². The Morgan fingerprint density at radius 1 is 1.06 bits per heavy atom. The Labute approximate surface area is 216 Å². The predicted molar refractivity (Wildman–Crippen MR) is 152 cm³/mol. The van der Waals surface area contributed by atoms with E-state index in [0.717, 1.165) is 65.6 Å². The number of fused-ring (bicyclic) bond motifs is 1. The minimum Gasteiger partial charge on any atom is -0.399 e. The highest BCUT2D eigenvalue weighted by Gasteiger charge is 2.09. The fourth-order valence-electron chi connectivity index (χ4n) is 4.19. The number of H-pyrrole nitrogens is 1. The van der Waals surface area contributed by atoms with Gasteiger partial charge < -0.3 is 25.6 Å². The van der Waals surface area contributed by atoms with Gasteiger partial charge in [0.05, 0.1) is 11.0 Å². The molecule has 6 heteroatoms. The summed E-state index contributed by atoms with van der Waals surface area (Å²) in [5, 5.41) is 3.09. The zero-order chi connectivity index (χ0) is 26.2. The molecule has 0 aliphatic heterocycles. The van der Waals surface area contributed by atoms with Crippen molar-refractivity contribution in [3.05, 3.63) is 42.5 Å². The molecule has 4 N–H and O–H groups in total. The SMILES string of the molecule is CCCCCC(C)C=O.CNc1ccc(-c2nc3ccc(N)cc3[nH]2)cc1.O=CC1CCCCCC1. The monoisotopic (exact) mass is 492 g/mol. The van der Waals surface area contributed by atoms with Crippen LogP contribution in [-0.4, -0.2) is 29.6 Å². The molecular weight excluding hydrogens is 448 g/mol. The second kappa shape index (κ2) is 16.5. The summed E-state index contributed by atoms with van der Waals surface area (Å²) >= 11 is 0. The topological polar surface area (TPSA) is 101 Å². The molecular formula is C30H44N4O2. The Kier molecular flexibility index (Phi) is 13.3. The van der Waals surface area contributed by atoms with Crippen LogP contribution in [0.2, 0.25) is 0 Å². The Morgan fingerprint density at radius 3 is 2.33 bits per heavy atom. The highest BCUT2D eigenvalue weighted by atomic mass is 16.1. The third-order valence-electron chi connectivity index (χ3n) is 6.54. The standard InChI is InChI=1S/C14H14N4.C8H14O.C8H16O/c1-16-11-5-2-9(3-6-11)14-17-12-7-4-10(15)8-13(12)18-14;9-7-8-5-3-1-2-4-6-8;1-3-4-5-6-8(2)7-9/h2-8,16H,15H2,1H3,(H,17,18);7-8H,1-6H2;7-8H,3-6H2,1-2H3. The van der Waals surface area contributed by atoms with E-state index in [9.17, 15) is 9.59 Å². The molecule has 4 rings (SSSR count). The molecule has 0 radical (unpaired) electrons. The van der Waals surface area contributed by atoms with Gasteiger partial charge in [-0.2, -0.15) is 0 Å². The molecule has 36 heavy (non-hydrogen) atoms. The van der Waals surface area contributed by atoms with Gasteiger partial charge in [-0.05, 0) is 61.7 Å². The Balaban J connectivity index is 0.000000215. The van der Waals surface area contributed by atoms with Gasteiger partial charge >= 0.3 is 0 Å². The van der Waals surface area contributed by atoms with Crippen molar-refractivity contribution in [3.63, 3.8) is 0 Å². The number of anilines is 2. The summed E-state index contributed by atoms with van der Waals surface area (Å²) < 4.78 is 0. The van der Waals surface area contributed by atoms with Crippen molar-refractivity contribution >= 4 is 35.0 Å². The molecule has 1 saturated carbocycles. The van der Waals surface area contributed by atoms with Crippen molar-refractivity contribution in [1.82, 2.24) is 9.97 Å². The number of nitrogens with two attached hydrogens (primary N) is 1. The van der Waals surface area contributed by atoms with Gasteiger partial charge in [0.15, 0.2) is 0 Å². The number of aromatic amines is 1. The summed E-state index contributed by atoms with van der Waals surface area (Å²) in [6.45, 7) is 4.15. The zero-order valence-electron chi connectivity index (χ0n) is 22.3. The molecule has 196 valence electrons. The average Bonchev–Trinajstić information content (AvgIpc) is 3.14. The van der Waals surface area contributed by atoms with E-state index in [0.29, 0.717) is 5.92 Å². The average molecular weight is 493 g/mol. The van der Waals surface area contributed by atoms with Gasteiger partial charge in [0.2, 0.25) is 0 Å². The van der Waals surface area contributed by atoms with E-state index in [4.69, 9.17) is 5.73 Å². The quantitative estimate of drug-likeness (QED) is 0.131. The molecule has 1 aliphatic carbocycles. The molecule has 1 unspecified atom stereocenters. The minimum absolute atomic E-state index is 0.275. The Morgan fingerprint density at radius 2 is 1.75 bits per heavy atom. The number of carbonyl (C=O) groups excluding carboxylic acids is 2. The second-order valence-electron chi connectivity index (χ2n) is 9.69. The summed E-state index contributed by atoms with van der Waals surface area (Å²) in [6, 6.07) is 13.8. The van der Waals surface area contributed by atoms with Crippen LogP contribution in [0.15, 0.2) is 42.5 Å². The number of carbonyl (C=O) groups is 2. The summed E-state index contributed by atoms with van der Waals surface area (Å²) in [4.78, 5) is 28.2. The Hall–Kier alpha value is -3.15. The van der Waals surface area contributed by atoms with Gasteiger partial charge in [-0.15, -0.1) is 0 Å². The van der Waals surface area contributed by atoms with Crippen molar-refractivity contribution in [1.29, 1.82) is 0 Å². The summed E-state index contributed by atoms with van der Waals surface area (Å²) in [5.74, 6) is 1.53. The number of rotatable bonds is 8. The van der Waals surface area contributed by atoms with Crippen LogP contribution in [0.25, 0.3) is 22.4 Å². The molecule has 1 aliphatic rings. The Bertz CT molecular complexity index is 1020. The smallest absolute Gasteiger partial charge is 0.138 e. The fraction of sp³-hybridized carbons (Fsp3) is 0.500. The number of imidazole rings is 1. The molecule has 2 aromatic carbocycles. The van der Waals surface area contributed by atoms with E-state index < -0.39 is 0 Å². The van der Waals surface area contributed by atoms with Gasteiger partial charge in [0, 0.05) is 35.8 Å².